The van der Waals surface area contributed by atoms with E-state index in [1.54, 1.807) is 31.2 Å². The summed E-state index contributed by atoms with van der Waals surface area (Å²) in [5.74, 6) is 0.134. The molecule has 3 N–H and O–H groups in total. The SMILES string of the molecule is Cc1ccc(NC(=O)C=Cc2ccco2)cc1S(N)(=O)=O. The van der Waals surface area contributed by atoms with Crippen molar-refractivity contribution in [1.82, 2.24) is 0 Å². The van der Waals surface area contributed by atoms with Crippen LogP contribution in [0.1, 0.15) is 11.3 Å². The zero-order valence-electron chi connectivity index (χ0n) is 11.2. The van der Waals surface area contributed by atoms with Crippen molar-refractivity contribution >= 4 is 27.7 Å². The molecule has 2 rings (SSSR count). The van der Waals surface area contributed by atoms with Gasteiger partial charge in [0.15, 0.2) is 0 Å². The van der Waals surface area contributed by atoms with Gasteiger partial charge >= 0.3 is 0 Å². The van der Waals surface area contributed by atoms with Crippen molar-refractivity contribution in [3.63, 3.8) is 0 Å². The van der Waals surface area contributed by atoms with Gasteiger partial charge in [-0.25, -0.2) is 13.6 Å². The molecule has 0 aliphatic carbocycles. The summed E-state index contributed by atoms with van der Waals surface area (Å²) in [6.07, 6.45) is 4.29. The van der Waals surface area contributed by atoms with E-state index in [1.807, 2.05) is 0 Å². The van der Waals surface area contributed by atoms with E-state index in [-0.39, 0.29) is 4.90 Å². The Morgan fingerprint density at radius 1 is 1.33 bits per heavy atom. The van der Waals surface area contributed by atoms with E-state index in [9.17, 15) is 13.2 Å². The Hall–Kier alpha value is -2.38. The maximum absolute atomic E-state index is 11.7. The third kappa shape index (κ3) is 4.04. The first-order chi connectivity index (χ1) is 9.86. The standard InChI is InChI=1S/C14H14N2O4S/c1-10-4-5-11(9-13(10)21(15,18)19)16-14(17)7-6-12-3-2-8-20-12/h2-9H,1H3,(H,16,17)(H2,15,18,19). The van der Waals surface area contributed by atoms with Gasteiger partial charge in [-0.05, 0) is 42.8 Å². The maximum atomic E-state index is 11.7. The Balaban J connectivity index is 2.15. The Morgan fingerprint density at radius 3 is 2.71 bits per heavy atom. The van der Waals surface area contributed by atoms with Crippen molar-refractivity contribution in [3.8, 4) is 0 Å². The molecule has 0 saturated heterocycles. The van der Waals surface area contributed by atoms with Crippen molar-refractivity contribution in [3.05, 3.63) is 54.0 Å². The highest BCUT2D eigenvalue weighted by Gasteiger charge is 2.12. The van der Waals surface area contributed by atoms with Crippen LogP contribution in [0, 0.1) is 6.92 Å². The summed E-state index contributed by atoms with van der Waals surface area (Å²) in [7, 11) is -3.82. The smallest absolute Gasteiger partial charge is 0.248 e. The van der Waals surface area contributed by atoms with Gasteiger partial charge in [0.05, 0.1) is 11.2 Å². The molecule has 0 saturated carbocycles. The molecule has 0 fully saturated rings. The van der Waals surface area contributed by atoms with Crippen LogP contribution in [0.15, 0.2) is 52.0 Å². The molecular weight excluding hydrogens is 292 g/mol. The molecule has 0 bridgehead atoms. The molecule has 110 valence electrons. The number of carbonyl (C=O) groups excluding carboxylic acids is 1. The van der Waals surface area contributed by atoms with Gasteiger partial charge < -0.3 is 9.73 Å². The lowest BCUT2D eigenvalue weighted by Crippen LogP contribution is -2.15. The predicted octanol–water partition coefficient (Wildman–Crippen LogP) is 1.89. The van der Waals surface area contributed by atoms with Gasteiger partial charge in [-0.1, -0.05) is 6.07 Å². The number of nitrogens with two attached hydrogens (primary N) is 1. The Labute approximate surface area is 122 Å². The minimum Gasteiger partial charge on any atom is -0.465 e. The second kappa shape index (κ2) is 5.94. The summed E-state index contributed by atoms with van der Waals surface area (Å²) in [4.78, 5) is 11.7. The molecule has 1 heterocycles. The lowest BCUT2D eigenvalue weighted by atomic mass is 10.2. The summed E-state index contributed by atoms with van der Waals surface area (Å²) >= 11 is 0. The number of sulfonamides is 1. The lowest BCUT2D eigenvalue weighted by Gasteiger charge is -2.07. The van der Waals surface area contributed by atoms with Crippen molar-refractivity contribution in [2.24, 2.45) is 5.14 Å². The molecule has 7 heteroatoms. The number of carbonyl (C=O) groups is 1. The molecule has 0 aliphatic rings. The second-order valence-corrected chi connectivity index (χ2v) is 5.89. The van der Waals surface area contributed by atoms with E-state index < -0.39 is 15.9 Å². The van der Waals surface area contributed by atoms with Gasteiger partial charge in [-0.15, -0.1) is 0 Å². The van der Waals surface area contributed by atoms with Crippen molar-refractivity contribution in [1.29, 1.82) is 0 Å². The number of benzene rings is 1. The molecule has 0 spiro atoms. The summed E-state index contributed by atoms with van der Waals surface area (Å²) in [5, 5.41) is 7.67. The van der Waals surface area contributed by atoms with Crippen LogP contribution in [0.25, 0.3) is 6.08 Å². The highest BCUT2D eigenvalue weighted by molar-refractivity contribution is 7.89. The third-order valence-corrected chi connectivity index (χ3v) is 3.76. The van der Waals surface area contributed by atoms with Crippen LogP contribution in [0.3, 0.4) is 0 Å². The van der Waals surface area contributed by atoms with Gasteiger partial charge in [0.1, 0.15) is 5.76 Å². The van der Waals surface area contributed by atoms with Crippen LogP contribution in [-0.2, 0) is 14.8 Å². The monoisotopic (exact) mass is 306 g/mol. The minimum absolute atomic E-state index is 0.0182. The molecule has 0 atom stereocenters. The number of aryl methyl sites for hydroxylation is 1. The topological polar surface area (TPSA) is 102 Å². The highest BCUT2D eigenvalue weighted by Crippen LogP contribution is 2.19. The largest absolute Gasteiger partial charge is 0.465 e. The van der Waals surface area contributed by atoms with E-state index in [0.717, 1.165) is 0 Å². The average Bonchev–Trinajstić information content (AvgIpc) is 2.90. The van der Waals surface area contributed by atoms with E-state index in [2.05, 4.69) is 5.32 Å². The Morgan fingerprint density at radius 2 is 2.10 bits per heavy atom. The number of nitrogens with one attached hydrogen (secondary N) is 1. The molecule has 1 aromatic heterocycles. The van der Waals surface area contributed by atoms with Gasteiger partial charge in [0.2, 0.25) is 15.9 Å². The number of hydrogen-bond donors (Lipinski definition) is 2. The van der Waals surface area contributed by atoms with Crippen LogP contribution in [-0.4, -0.2) is 14.3 Å². The van der Waals surface area contributed by atoms with Gasteiger partial charge in [0, 0.05) is 11.8 Å². The summed E-state index contributed by atoms with van der Waals surface area (Å²) in [6, 6.07) is 7.90. The fourth-order valence-corrected chi connectivity index (χ4v) is 2.52. The number of primary sulfonamides is 1. The van der Waals surface area contributed by atoms with Crippen LogP contribution < -0.4 is 10.5 Å². The normalized spacial score (nSPS) is 11.7. The summed E-state index contributed by atoms with van der Waals surface area (Å²) in [6.45, 7) is 1.63. The first-order valence-electron chi connectivity index (χ1n) is 6.02. The molecule has 0 radical (unpaired) electrons. The molecule has 0 aliphatic heterocycles. The Kier molecular flexibility index (Phi) is 4.25. The fraction of sp³-hybridized carbons (Fsp3) is 0.0714. The van der Waals surface area contributed by atoms with Crippen molar-refractivity contribution in [2.75, 3.05) is 5.32 Å². The highest BCUT2D eigenvalue weighted by atomic mass is 32.2. The first kappa shape index (κ1) is 15.0. The predicted molar refractivity (Wildman–Crippen MR) is 78.9 cm³/mol. The number of furan rings is 1. The minimum atomic E-state index is -3.82. The average molecular weight is 306 g/mol. The van der Waals surface area contributed by atoms with E-state index in [4.69, 9.17) is 9.56 Å². The number of anilines is 1. The third-order valence-electron chi connectivity index (χ3n) is 2.70. The van der Waals surface area contributed by atoms with E-state index in [1.165, 1.54) is 24.5 Å². The molecule has 6 nitrogen and oxygen atoms in total. The number of amides is 1. The second-order valence-electron chi connectivity index (χ2n) is 4.36. The van der Waals surface area contributed by atoms with Crippen LogP contribution in [0.5, 0.6) is 0 Å². The van der Waals surface area contributed by atoms with Crippen LogP contribution in [0.2, 0.25) is 0 Å². The molecule has 0 unspecified atom stereocenters. The quantitative estimate of drug-likeness (QED) is 0.842. The summed E-state index contributed by atoms with van der Waals surface area (Å²) in [5.41, 5.74) is 0.861. The number of hydrogen-bond acceptors (Lipinski definition) is 4. The van der Waals surface area contributed by atoms with E-state index in [0.29, 0.717) is 17.0 Å². The van der Waals surface area contributed by atoms with Crippen LogP contribution in [0.4, 0.5) is 5.69 Å². The van der Waals surface area contributed by atoms with Crippen molar-refractivity contribution in [2.45, 2.75) is 11.8 Å². The maximum Gasteiger partial charge on any atom is 0.248 e. The molecule has 1 amide bonds. The molecule has 2 aromatic rings. The lowest BCUT2D eigenvalue weighted by molar-refractivity contribution is -0.111. The van der Waals surface area contributed by atoms with Crippen LogP contribution >= 0.6 is 0 Å². The zero-order chi connectivity index (χ0) is 15.5. The molecule has 1 aromatic carbocycles. The zero-order valence-corrected chi connectivity index (χ0v) is 12.1. The van der Waals surface area contributed by atoms with Gasteiger partial charge in [-0.3, -0.25) is 4.79 Å². The first-order valence-corrected chi connectivity index (χ1v) is 7.57. The fourth-order valence-electron chi connectivity index (χ4n) is 1.71. The number of rotatable bonds is 4. The van der Waals surface area contributed by atoms with E-state index >= 15 is 0 Å². The van der Waals surface area contributed by atoms with Gasteiger partial charge in [-0.2, -0.15) is 0 Å². The van der Waals surface area contributed by atoms with Gasteiger partial charge in [0.25, 0.3) is 0 Å². The molecular formula is C14H14N2O4S. The van der Waals surface area contributed by atoms with Crippen molar-refractivity contribution < 1.29 is 17.6 Å². The summed E-state index contributed by atoms with van der Waals surface area (Å²) < 4.78 is 27.9. The molecule has 21 heavy (non-hydrogen) atoms. The Bertz CT molecular complexity index is 777.